The molecule has 0 aromatic rings. The summed E-state index contributed by atoms with van der Waals surface area (Å²) in [7, 11) is 0. The van der Waals surface area contributed by atoms with Crippen molar-refractivity contribution in [2.75, 3.05) is 24.7 Å². The van der Waals surface area contributed by atoms with E-state index in [1.54, 1.807) is 0 Å². The summed E-state index contributed by atoms with van der Waals surface area (Å²) in [6.07, 6.45) is 0.890. The number of thioether (sulfide) groups is 1. The molecule has 0 aromatic heterocycles. The molecule has 2 nitrogen and oxygen atoms in total. The zero-order valence-corrected chi connectivity index (χ0v) is 6.28. The Morgan fingerprint density at radius 3 is 2.78 bits per heavy atom. The summed E-state index contributed by atoms with van der Waals surface area (Å²) in [5.41, 5.74) is 0. The van der Waals surface area contributed by atoms with E-state index in [4.69, 9.17) is 5.11 Å². The van der Waals surface area contributed by atoms with Crippen LogP contribution in [0.4, 0.5) is 0 Å². The van der Waals surface area contributed by atoms with Gasteiger partial charge in [-0.2, -0.15) is 11.8 Å². The lowest BCUT2D eigenvalue weighted by atomic mass is 10.3. The number of rotatable bonds is 4. The van der Waals surface area contributed by atoms with E-state index < -0.39 is 0 Å². The number of hydrogen-bond acceptors (Lipinski definition) is 3. The van der Waals surface area contributed by atoms with E-state index in [9.17, 15) is 0 Å². The van der Waals surface area contributed by atoms with E-state index in [0.29, 0.717) is 6.61 Å². The van der Waals surface area contributed by atoms with Gasteiger partial charge in [0.1, 0.15) is 0 Å². The lowest BCUT2D eigenvalue weighted by Crippen LogP contribution is -2.40. The highest BCUT2D eigenvalue weighted by Gasteiger charge is 2.15. The van der Waals surface area contributed by atoms with Gasteiger partial charge in [0.25, 0.3) is 0 Å². The molecule has 1 rings (SSSR count). The minimum absolute atomic E-state index is 0.312. The van der Waals surface area contributed by atoms with Gasteiger partial charge in [-0.05, 0) is 13.0 Å². The largest absolute Gasteiger partial charge is 0.396 e. The van der Waals surface area contributed by atoms with Gasteiger partial charge < -0.3 is 10.4 Å². The second kappa shape index (κ2) is 4.14. The van der Waals surface area contributed by atoms with Gasteiger partial charge in [0.15, 0.2) is 0 Å². The third-order valence-electron chi connectivity index (χ3n) is 1.41. The van der Waals surface area contributed by atoms with Crippen molar-refractivity contribution in [2.45, 2.75) is 12.5 Å². The first-order valence-corrected chi connectivity index (χ1v) is 4.51. The van der Waals surface area contributed by atoms with Crippen LogP contribution < -0.4 is 5.32 Å². The van der Waals surface area contributed by atoms with Crippen LogP contribution in [0.15, 0.2) is 0 Å². The highest BCUT2D eigenvalue weighted by molar-refractivity contribution is 8.00. The Bertz CT molecular complexity index is 75.5. The predicted octanol–water partition coefficient (Wildman–Crippen LogP) is 0.0738. The number of aliphatic hydroxyl groups excluding tert-OH is 1. The fraction of sp³-hybridized carbons (Fsp3) is 1.00. The Morgan fingerprint density at radius 1 is 1.56 bits per heavy atom. The van der Waals surface area contributed by atoms with Gasteiger partial charge in [0, 0.05) is 24.2 Å². The van der Waals surface area contributed by atoms with Crippen molar-refractivity contribution < 1.29 is 5.11 Å². The third kappa shape index (κ3) is 2.56. The molecule has 3 heteroatoms. The molecule has 1 fully saturated rings. The van der Waals surface area contributed by atoms with E-state index in [1.807, 2.05) is 11.8 Å². The maximum absolute atomic E-state index is 8.42. The highest BCUT2D eigenvalue weighted by atomic mass is 32.2. The molecular weight excluding hydrogens is 134 g/mol. The highest BCUT2D eigenvalue weighted by Crippen LogP contribution is 2.16. The molecule has 1 saturated heterocycles. The Hall–Kier alpha value is 0.270. The van der Waals surface area contributed by atoms with Gasteiger partial charge in [-0.1, -0.05) is 0 Å². The summed E-state index contributed by atoms with van der Waals surface area (Å²) >= 11 is 1.98. The van der Waals surface area contributed by atoms with Gasteiger partial charge in [0.2, 0.25) is 0 Å². The molecule has 1 heterocycles. The van der Waals surface area contributed by atoms with Crippen LogP contribution in [0.5, 0.6) is 0 Å². The van der Waals surface area contributed by atoms with Crippen molar-refractivity contribution in [3.8, 4) is 0 Å². The summed E-state index contributed by atoms with van der Waals surface area (Å²) in [4.78, 5) is 0. The van der Waals surface area contributed by atoms with Crippen molar-refractivity contribution in [3.63, 3.8) is 0 Å². The van der Waals surface area contributed by atoms with Crippen LogP contribution >= 0.6 is 11.8 Å². The van der Waals surface area contributed by atoms with Crippen molar-refractivity contribution in [2.24, 2.45) is 0 Å². The standard InChI is InChI=1S/C6H13NOS/c8-3-1-2-7-6-4-9-5-6/h6-8H,1-5H2. The molecule has 1 aliphatic heterocycles. The maximum atomic E-state index is 8.42. The molecule has 0 aliphatic carbocycles. The molecular formula is C6H13NOS. The fourth-order valence-electron chi connectivity index (χ4n) is 0.739. The molecule has 0 unspecified atom stereocenters. The molecule has 0 amide bonds. The summed E-state index contributed by atoms with van der Waals surface area (Å²) in [6.45, 7) is 1.29. The van der Waals surface area contributed by atoms with Crippen LogP contribution in [0, 0.1) is 0 Å². The lowest BCUT2D eigenvalue weighted by Gasteiger charge is -2.25. The average molecular weight is 147 g/mol. The number of aliphatic hydroxyl groups is 1. The van der Waals surface area contributed by atoms with Crippen LogP contribution in [0.1, 0.15) is 6.42 Å². The van der Waals surface area contributed by atoms with E-state index in [0.717, 1.165) is 19.0 Å². The molecule has 0 radical (unpaired) electrons. The molecule has 9 heavy (non-hydrogen) atoms. The summed E-state index contributed by atoms with van der Waals surface area (Å²) in [5.74, 6) is 2.51. The van der Waals surface area contributed by atoms with Crippen LogP contribution in [-0.2, 0) is 0 Å². The SMILES string of the molecule is OCCCNC1CSC1. The normalized spacial score (nSPS) is 19.7. The zero-order chi connectivity index (χ0) is 6.53. The van der Waals surface area contributed by atoms with Gasteiger partial charge in [0.05, 0.1) is 0 Å². The first kappa shape index (κ1) is 7.38. The van der Waals surface area contributed by atoms with Crippen molar-refractivity contribution in [3.05, 3.63) is 0 Å². The summed E-state index contributed by atoms with van der Waals surface area (Å²) in [5, 5.41) is 11.8. The molecule has 0 aromatic carbocycles. The number of hydrogen-bond donors (Lipinski definition) is 2. The molecule has 1 aliphatic rings. The Morgan fingerprint density at radius 2 is 2.33 bits per heavy atom. The van der Waals surface area contributed by atoms with Gasteiger partial charge in [-0.25, -0.2) is 0 Å². The molecule has 0 atom stereocenters. The lowest BCUT2D eigenvalue weighted by molar-refractivity contribution is 0.284. The molecule has 0 bridgehead atoms. The average Bonchev–Trinajstić information content (AvgIpc) is 1.76. The second-order valence-electron chi connectivity index (χ2n) is 2.27. The van der Waals surface area contributed by atoms with Crippen LogP contribution in [0.25, 0.3) is 0 Å². The zero-order valence-electron chi connectivity index (χ0n) is 5.47. The molecule has 0 spiro atoms. The minimum atomic E-state index is 0.312. The van der Waals surface area contributed by atoms with Crippen LogP contribution in [-0.4, -0.2) is 35.8 Å². The van der Waals surface area contributed by atoms with Crippen molar-refractivity contribution >= 4 is 11.8 Å². The van der Waals surface area contributed by atoms with Crippen molar-refractivity contribution in [1.29, 1.82) is 0 Å². The Labute approximate surface area is 60.0 Å². The number of nitrogens with one attached hydrogen (secondary N) is 1. The van der Waals surface area contributed by atoms with Gasteiger partial charge in [-0.15, -0.1) is 0 Å². The smallest absolute Gasteiger partial charge is 0.0443 e. The Balaban J connectivity index is 1.80. The summed E-state index contributed by atoms with van der Waals surface area (Å²) in [6, 6.07) is 0.738. The molecule has 2 N–H and O–H groups in total. The summed E-state index contributed by atoms with van der Waals surface area (Å²) < 4.78 is 0. The first-order valence-electron chi connectivity index (χ1n) is 3.35. The minimum Gasteiger partial charge on any atom is -0.396 e. The topological polar surface area (TPSA) is 32.3 Å². The molecule has 0 saturated carbocycles. The maximum Gasteiger partial charge on any atom is 0.0443 e. The quantitative estimate of drug-likeness (QED) is 0.552. The predicted molar refractivity (Wildman–Crippen MR) is 40.8 cm³/mol. The van der Waals surface area contributed by atoms with E-state index in [-0.39, 0.29) is 0 Å². The monoisotopic (exact) mass is 147 g/mol. The van der Waals surface area contributed by atoms with Gasteiger partial charge in [-0.3, -0.25) is 0 Å². The molecule has 54 valence electrons. The van der Waals surface area contributed by atoms with Crippen LogP contribution in [0.2, 0.25) is 0 Å². The van der Waals surface area contributed by atoms with Crippen LogP contribution in [0.3, 0.4) is 0 Å². The van der Waals surface area contributed by atoms with Gasteiger partial charge >= 0.3 is 0 Å². The van der Waals surface area contributed by atoms with Crippen molar-refractivity contribution in [1.82, 2.24) is 5.32 Å². The Kier molecular flexibility index (Phi) is 3.40. The first-order chi connectivity index (χ1) is 4.43. The second-order valence-corrected chi connectivity index (χ2v) is 3.34. The van der Waals surface area contributed by atoms with E-state index >= 15 is 0 Å². The third-order valence-corrected chi connectivity index (χ3v) is 2.68. The van der Waals surface area contributed by atoms with E-state index in [1.165, 1.54) is 11.5 Å². The fourth-order valence-corrected chi connectivity index (χ4v) is 1.45. The van der Waals surface area contributed by atoms with E-state index in [2.05, 4.69) is 5.32 Å².